The summed E-state index contributed by atoms with van der Waals surface area (Å²) >= 11 is 0. The standard InChI is InChI=1S/C19H27N5O3/c1-14(11-24-13-20-12-21-24)22-19(25)15-4-5-17(18(10-15)26-3)27-16-6-8-23(2)9-7-16/h4-5,10,12-14,16H,6-9,11H2,1-3H3,(H,22,25). The van der Waals surface area contributed by atoms with Crippen LogP contribution in [0.1, 0.15) is 30.1 Å². The van der Waals surface area contributed by atoms with Crippen molar-refractivity contribution in [1.29, 1.82) is 0 Å². The zero-order chi connectivity index (χ0) is 19.2. The van der Waals surface area contributed by atoms with Crippen LogP contribution in [0.3, 0.4) is 0 Å². The Kier molecular flexibility index (Phi) is 6.28. The van der Waals surface area contributed by atoms with E-state index in [2.05, 4.69) is 27.3 Å². The van der Waals surface area contributed by atoms with Gasteiger partial charge in [-0.2, -0.15) is 5.10 Å². The van der Waals surface area contributed by atoms with Crippen molar-refractivity contribution in [2.75, 3.05) is 27.2 Å². The van der Waals surface area contributed by atoms with Crippen LogP contribution in [0.4, 0.5) is 0 Å². The second-order valence-electron chi connectivity index (χ2n) is 6.98. The van der Waals surface area contributed by atoms with E-state index in [0.29, 0.717) is 23.6 Å². The number of carbonyl (C=O) groups excluding carboxylic acids is 1. The number of hydrogen-bond donors (Lipinski definition) is 1. The first-order valence-electron chi connectivity index (χ1n) is 9.21. The van der Waals surface area contributed by atoms with E-state index in [-0.39, 0.29) is 18.1 Å². The highest BCUT2D eigenvalue weighted by Gasteiger charge is 2.20. The molecule has 0 aliphatic carbocycles. The fraction of sp³-hybridized carbons (Fsp3) is 0.526. The Labute approximate surface area is 159 Å². The number of methoxy groups -OCH3 is 1. The van der Waals surface area contributed by atoms with Gasteiger partial charge in [-0.15, -0.1) is 0 Å². The Morgan fingerprint density at radius 2 is 2.11 bits per heavy atom. The van der Waals surface area contributed by atoms with Crippen molar-refractivity contribution in [3.8, 4) is 11.5 Å². The van der Waals surface area contributed by atoms with Gasteiger partial charge in [0, 0.05) is 24.7 Å². The van der Waals surface area contributed by atoms with Crippen molar-refractivity contribution in [3.05, 3.63) is 36.4 Å². The highest BCUT2D eigenvalue weighted by atomic mass is 16.5. The van der Waals surface area contributed by atoms with Crippen LogP contribution in [-0.2, 0) is 6.54 Å². The minimum Gasteiger partial charge on any atom is -0.493 e. The number of benzene rings is 1. The van der Waals surface area contributed by atoms with Crippen molar-refractivity contribution < 1.29 is 14.3 Å². The average Bonchev–Trinajstić information content (AvgIpc) is 3.16. The van der Waals surface area contributed by atoms with Crippen molar-refractivity contribution >= 4 is 5.91 Å². The molecule has 1 unspecified atom stereocenters. The van der Waals surface area contributed by atoms with Crippen LogP contribution in [0.25, 0.3) is 0 Å². The van der Waals surface area contributed by atoms with Gasteiger partial charge in [-0.05, 0) is 45.0 Å². The number of piperidine rings is 1. The van der Waals surface area contributed by atoms with E-state index in [9.17, 15) is 4.79 Å². The van der Waals surface area contributed by atoms with E-state index >= 15 is 0 Å². The van der Waals surface area contributed by atoms with Crippen molar-refractivity contribution in [2.45, 2.75) is 38.5 Å². The third-order valence-corrected chi connectivity index (χ3v) is 4.69. The summed E-state index contributed by atoms with van der Waals surface area (Å²) in [5.74, 6) is 1.09. The maximum absolute atomic E-state index is 12.5. The maximum atomic E-state index is 12.5. The lowest BCUT2D eigenvalue weighted by atomic mass is 10.1. The predicted molar refractivity (Wildman–Crippen MR) is 101 cm³/mol. The molecule has 1 fully saturated rings. The van der Waals surface area contributed by atoms with E-state index in [1.165, 1.54) is 6.33 Å². The zero-order valence-corrected chi connectivity index (χ0v) is 16.1. The van der Waals surface area contributed by atoms with Crippen molar-refractivity contribution in [3.63, 3.8) is 0 Å². The van der Waals surface area contributed by atoms with Crippen LogP contribution in [0.2, 0.25) is 0 Å². The summed E-state index contributed by atoms with van der Waals surface area (Å²) in [4.78, 5) is 18.7. The first-order chi connectivity index (χ1) is 13.0. The summed E-state index contributed by atoms with van der Waals surface area (Å²) < 4.78 is 13.2. The molecule has 1 saturated heterocycles. The zero-order valence-electron chi connectivity index (χ0n) is 16.1. The van der Waals surface area contributed by atoms with Gasteiger partial charge >= 0.3 is 0 Å². The first kappa shape index (κ1) is 19.2. The van der Waals surface area contributed by atoms with Gasteiger partial charge in [-0.25, -0.2) is 4.98 Å². The van der Waals surface area contributed by atoms with Crippen molar-refractivity contribution in [2.24, 2.45) is 0 Å². The molecule has 2 heterocycles. The third-order valence-electron chi connectivity index (χ3n) is 4.69. The molecule has 0 bridgehead atoms. The molecule has 146 valence electrons. The van der Waals surface area contributed by atoms with Gasteiger partial charge in [0.2, 0.25) is 0 Å². The van der Waals surface area contributed by atoms with Gasteiger partial charge in [0.25, 0.3) is 5.91 Å². The smallest absolute Gasteiger partial charge is 0.251 e. The quantitative estimate of drug-likeness (QED) is 0.794. The Morgan fingerprint density at radius 3 is 2.78 bits per heavy atom. The Morgan fingerprint density at radius 1 is 1.33 bits per heavy atom. The van der Waals surface area contributed by atoms with E-state index < -0.39 is 0 Å². The minimum atomic E-state index is -0.160. The third kappa shape index (κ3) is 5.19. The Hall–Kier alpha value is -2.61. The molecule has 1 atom stereocenters. The lowest BCUT2D eigenvalue weighted by Gasteiger charge is -2.29. The monoisotopic (exact) mass is 373 g/mol. The van der Waals surface area contributed by atoms with Crippen LogP contribution in [-0.4, -0.2) is 65.0 Å². The average molecular weight is 373 g/mol. The summed E-state index contributed by atoms with van der Waals surface area (Å²) in [6, 6.07) is 5.22. The van der Waals surface area contributed by atoms with E-state index in [0.717, 1.165) is 25.9 Å². The molecule has 0 spiro atoms. The molecule has 3 rings (SSSR count). The molecule has 1 N–H and O–H groups in total. The SMILES string of the molecule is COc1cc(C(=O)NC(C)Cn2cncn2)ccc1OC1CCN(C)CC1. The summed E-state index contributed by atoms with van der Waals surface area (Å²) in [5, 5.41) is 7.01. The number of likely N-dealkylation sites (tertiary alicyclic amines) is 1. The Bertz CT molecular complexity index is 742. The molecular weight excluding hydrogens is 346 g/mol. The molecule has 1 amide bonds. The number of ether oxygens (including phenoxy) is 2. The van der Waals surface area contributed by atoms with Crippen LogP contribution in [0.15, 0.2) is 30.9 Å². The molecule has 1 aromatic carbocycles. The summed E-state index contributed by atoms with van der Waals surface area (Å²) in [5.41, 5.74) is 0.535. The number of carbonyl (C=O) groups is 1. The van der Waals surface area contributed by atoms with Crippen LogP contribution < -0.4 is 14.8 Å². The van der Waals surface area contributed by atoms with Gasteiger partial charge in [0.15, 0.2) is 11.5 Å². The summed E-state index contributed by atoms with van der Waals surface area (Å²) in [7, 11) is 3.71. The summed E-state index contributed by atoms with van der Waals surface area (Å²) in [6.45, 7) is 4.53. The lowest BCUT2D eigenvalue weighted by Crippen LogP contribution is -2.36. The van der Waals surface area contributed by atoms with E-state index in [4.69, 9.17) is 9.47 Å². The van der Waals surface area contributed by atoms with Crippen LogP contribution in [0, 0.1) is 0 Å². The van der Waals surface area contributed by atoms with E-state index in [1.54, 1.807) is 30.3 Å². The lowest BCUT2D eigenvalue weighted by molar-refractivity contribution is 0.0935. The minimum absolute atomic E-state index is 0.0830. The molecule has 1 aromatic heterocycles. The van der Waals surface area contributed by atoms with Crippen molar-refractivity contribution in [1.82, 2.24) is 25.0 Å². The molecule has 0 radical (unpaired) electrons. The molecule has 2 aromatic rings. The van der Waals surface area contributed by atoms with Gasteiger partial charge < -0.3 is 19.7 Å². The second kappa shape index (κ2) is 8.85. The molecule has 0 saturated carbocycles. The highest BCUT2D eigenvalue weighted by Crippen LogP contribution is 2.30. The molecular formula is C19H27N5O3. The number of aromatic nitrogens is 3. The molecule has 1 aliphatic rings. The van der Waals surface area contributed by atoms with Gasteiger partial charge in [-0.3, -0.25) is 9.48 Å². The van der Waals surface area contributed by atoms with E-state index in [1.807, 2.05) is 13.0 Å². The largest absolute Gasteiger partial charge is 0.493 e. The maximum Gasteiger partial charge on any atom is 0.251 e. The topological polar surface area (TPSA) is 81.5 Å². The number of nitrogens with one attached hydrogen (secondary N) is 1. The fourth-order valence-corrected chi connectivity index (χ4v) is 3.15. The second-order valence-corrected chi connectivity index (χ2v) is 6.98. The molecule has 8 heteroatoms. The first-order valence-corrected chi connectivity index (χ1v) is 9.21. The fourth-order valence-electron chi connectivity index (χ4n) is 3.15. The number of hydrogen-bond acceptors (Lipinski definition) is 6. The number of nitrogens with zero attached hydrogens (tertiary/aromatic N) is 4. The number of rotatable bonds is 7. The van der Waals surface area contributed by atoms with Crippen LogP contribution >= 0.6 is 0 Å². The summed E-state index contributed by atoms with van der Waals surface area (Å²) in [6.07, 6.45) is 5.25. The Balaban J connectivity index is 1.61. The van der Waals surface area contributed by atoms with Gasteiger partial charge in [0.05, 0.1) is 13.7 Å². The molecule has 8 nitrogen and oxygen atoms in total. The predicted octanol–water partition coefficient (Wildman–Crippen LogP) is 1.58. The van der Waals surface area contributed by atoms with Gasteiger partial charge in [0.1, 0.15) is 18.8 Å². The van der Waals surface area contributed by atoms with Crippen LogP contribution in [0.5, 0.6) is 11.5 Å². The molecule has 1 aliphatic heterocycles. The normalized spacial score (nSPS) is 16.7. The highest BCUT2D eigenvalue weighted by molar-refractivity contribution is 5.95. The molecule has 27 heavy (non-hydrogen) atoms. The van der Waals surface area contributed by atoms with Gasteiger partial charge in [-0.1, -0.05) is 0 Å². The number of amides is 1.